The molecule has 32 heavy (non-hydrogen) atoms. The molecule has 5 rings (SSSR count). The highest BCUT2D eigenvalue weighted by Gasteiger charge is 2.19. The van der Waals surface area contributed by atoms with E-state index in [2.05, 4.69) is 15.5 Å². The van der Waals surface area contributed by atoms with E-state index in [9.17, 15) is 4.79 Å². The summed E-state index contributed by atoms with van der Waals surface area (Å²) in [5.41, 5.74) is 4.13. The van der Waals surface area contributed by atoms with Crippen LogP contribution in [0, 0.1) is 0 Å². The molecule has 0 bridgehead atoms. The van der Waals surface area contributed by atoms with E-state index in [1.54, 1.807) is 15.9 Å². The zero-order valence-corrected chi connectivity index (χ0v) is 18.3. The molecule has 0 fully saturated rings. The summed E-state index contributed by atoms with van der Waals surface area (Å²) in [6.45, 7) is 2.02. The van der Waals surface area contributed by atoms with Crippen LogP contribution in [0.3, 0.4) is 0 Å². The van der Waals surface area contributed by atoms with Crippen molar-refractivity contribution in [3.63, 3.8) is 0 Å². The summed E-state index contributed by atoms with van der Waals surface area (Å²) < 4.78 is 1.76. The Morgan fingerprint density at radius 1 is 1.00 bits per heavy atom. The molecule has 5 aromatic rings. The van der Waals surface area contributed by atoms with Crippen LogP contribution in [0.4, 0.5) is 5.69 Å². The topological polar surface area (TPSA) is 72.2 Å². The first kappa shape index (κ1) is 20.1. The lowest BCUT2D eigenvalue weighted by atomic mass is 9.95. The Labute approximate surface area is 189 Å². The smallest absolute Gasteiger partial charge is 0.231 e. The van der Waals surface area contributed by atoms with Crippen molar-refractivity contribution in [1.82, 2.24) is 19.8 Å². The lowest BCUT2D eigenvalue weighted by Crippen LogP contribution is -2.20. The number of amides is 1. The third-order valence-electron chi connectivity index (χ3n) is 5.36. The highest BCUT2D eigenvalue weighted by molar-refractivity contribution is 7.13. The average Bonchev–Trinajstić information content (AvgIpc) is 3.50. The SMILES string of the molecule is CC[C@H](C(=O)Nc1cccc(-c2ccc3nnc(-c4cccs4)n3n2)c1)c1ccccc1. The van der Waals surface area contributed by atoms with Gasteiger partial charge in [0.25, 0.3) is 0 Å². The zero-order chi connectivity index (χ0) is 21.9. The fourth-order valence-electron chi connectivity index (χ4n) is 3.75. The first-order valence-corrected chi connectivity index (χ1v) is 11.3. The van der Waals surface area contributed by atoms with E-state index in [1.165, 1.54) is 0 Å². The Morgan fingerprint density at radius 2 is 1.88 bits per heavy atom. The third kappa shape index (κ3) is 3.90. The lowest BCUT2D eigenvalue weighted by Gasteiger charge is -2.16. The van der Waals surface area contributed by atoms with Crippen LogP contribution >= 0.6 is 11.3 Å². The van der Waals surface area contributed by atoms with Crippen LogP contribution in [0.2, 0.25) is 0 Å². The molecule has 1 N–H and O–H groups in total. The van der Waals surface area contributed by atoms with Gasteiger partial charge in [-0.1, -0.05) is 55.5 Å². The Balaban J connectivity index is 1.43. The third-order valence-corrected chi connectivity index (χ3v) is 6.22. The van der Waals surface area contributed by atoms with Crippen LogP contribution in [0.5, 0.6) is 0 Å². The summed E-state index contributed by atoms with van der Waals surface area (Å²) in [6, 6.07) is 25.4. The molecule has 3 aromatic heterocycles. The minimum absolute atomic E-state index is 0.0157. The van der Waals surface area contributed by atoms with Crippen LogP contribution in [0.25, 0.3) is 27.6 Å². The molecule has 2 aromatic carbocycles. The summed E-state index contributed by atoms with van der Waals surface area (Å²) in [4.78, 5) is 14.0. The fourth-order valence-corrected chi connectivity index (χ4v) is 4.44. The van der Waals surface area contributed by atoms with Gasteiger partial charge in [-0.05, 0) is 47.7 Å². The number of hydrogen-bond acceptors (Lipinski definition) is 5. The van der Waals surface area contributed by atoms with Crippen molar-refractivity contribution in [1.29, 1.82) is 0 Å². The normalized spacial score (nSPS) is 12.0. The maximum atomic E-state index is 13.0. The van der Waals surface area contributed by atoms with E-state index < -0.39 is 0 Å². The van der Waals surface area contributed by atoms with Gasteiger partial charge >= 0.3 is 0 Å². The molecule has 7 heteroatoms. The van der Waals surface area contributed by atoms with Crippen molar-refractivity contribution < 1.29 is 4.79 Å². The van der Waals surface area contributed by atoms with Gasteiger partial charge in [-0.15, -0.1) is 21.5 Å². The molecule has 3 heterocycles. The van der Waals surface area contributed by atoms with E-state index >= 15 is 0 Å². The van der Waals surface area contributed by atoms with Crippen LogP contribution in [0.1, 0.15) is 24.8 Å². The number of benzene rings is 2. The number of anilines is 1. The molecule has 0 aliphatic heterocycles. The number of carbonyl (C=O) groups excluding carboxylic acids is 1. The number of aromatic nitrogens is 4. The molecule has 0 unspecified atom stereocenters. The Bertz CT molecular complexity index is 1360. The summed E-state index contributed by atoms with van der Waals surface area (Å²) in [5, 5.41) is 18.4. The molecule has 158 valence electrons. The van der Waals surface area contributed by atoms with Crippen LogP contribution in [-0.2, 0) is 4.79 Å². The predicted octanol–water partition coefficient (Wildman–Crippen LogP) is 5.65. The monoisotopic (exact) mass is 439 g/mol. The molecule has 0 saturated carbocycles. The minimum atomic E-state index is -0.195. The maximum Gasteiger partial charge on any atom is 0.231 e. The van der Waals surface area contributed by atoms with Gasteiger partial charge < -0.3 is 5.32 Å². The van der Waals surface area contributed by atoms with E-state index in [1.807, 2.05) is 91.2 Å². The molecule has 0 radical (unpaired) electrons. The molecule has 0 saturated heterocycles. The summed E-state index contributed by atoms with van der Waals surface area (Å²) >= 11 is 1.60. The minimum Gasteiger partial charge on any atom is -0.326 e. The summed E-state index contributed by atoms with van der Waals surface area (Å²) in [6.07, 6.45) is 0.729. The van der Waals surface area contributed by atoms with Crippen molar-refractivity contribution in [3.05, 3.63) is 89.8 Å². The Morgan fingerprint density at radius 3 is 2.66 bits per heavy atom. The molecule has 0 aliphatic carbocycles. The van der Waals surface area contributed by atoms with E-state index in [0.29, 0.717) is 5.65 Å². The van der Waals surface area contributed by atoms with Crippen molar-refractivity contribution >= 4 is 28.6 Å². The Hall–Kier alpha value is -3.84. The number of hydrogen-bond donors (Lipinski definition) is 1. The van der Waals surface area contributed by atoms with Gasteiger partial charge in [0.15, 0.2) is 11.5 Å². The first-order chi connectivity index (χ1) is 15.7. The van der Waals surface area contributed by atoms with E-state index in [0.717, 1.165) is 39.6 Å². The second-order valence-electron chi connectivity index (χ2n) is 7.43. The van der Waals surface area contributed by atoms with Crippen LogP contribution < -0.4 is 5.32 Å². The van der Waals surface area contributed by atoms with E-state index in [-0.39, 0.29) is 11.8 Å². The van der Waals surface area contributed by atoms with Gasteiger partial charge in [-0.25, -0.2) is 0 Å². The van der Waals surface area contributed by atoms with Gasteiger partial charge in [0.05, 0.1) is 16.5 Å². The number of fused-ring (bicyclic) bond motifs is 1. The highest BCUT2D eigenvalue weighted by Crippen LogP contribution is 2.27. The molecular weight excluding hydrogens is 418 g/mol. The second-order valence-corrected chi connectivity index (χ2v) is 8.38. The number of thiophene rings is 1. The number of rotatable bonds is 6. The predicted molar refractivity (Wildman–Crippen MR) is 128 cm³/mol. The molecule has 1 amide bonds. The van der Waals surface area contributed by atoms with Gasteiger partial charge in [-0.2, -0.15) is 9.61 Å². The maximum absolute atomic E-state index is 13.0. The van der Waals surface area contributed by atoms with Crippen molar-refractivity contribution in [2.75, 3.05) is 5.32 Å². The summed E-state index contributed by atoms with van der Waals surface area (Å²) in [5.74, 6) is 0.507. The van der Waals surface area contributed by atoms with Gasteiger partial charge in [0.2, 0.25) is 5.91 Å². The summed E-state index contributed by atoms with van der Waals surface area (Å²) in [7, 11) is 0. The Kier molecular flexibility index (Phi) is 5.47. The first-order valence-electron chi connectivity index (χ1n) is 10.5. The largest absolute Gasteiger partial charge is 0.326 e. The highest BCUT2D eigenvalue weighted by atomic mass is 32.1. The van der Waals surface area contributed by atoms with Crippen LogP contribution in [-0.4, -0.2) is 25.7 Å². The number of nitrogens with zero attached hydrogens (tertiary/aromatic N) is 4. The van der Waals surface area contributed by atoms with Gasteiger partial charge in [0.1, 0.15) is 0 Å². The van der Waals surface area contributed by atoms with E-state index in [4.69, 9.17) is 5.10 Å². The molecule has 0 spiro atoms. The van der Waals surface area contributed by atoms with Gasteiger partial charge in [0, 0.05) is 11.3 Å². The average molecular weight is 440 g/mol. The molecule has 6 nitrogen and oxygen atoms in total. The molecule has 1 atom stereocenters. The quantitative estimate of drug-likeness (QED) is 0.371. The molecule has 0 aliphatic rings. The van der Waals surface area contributed by atoms with Crippen molar-refractivity contribution in [2.45, 2.75) is 19.3 Å². The number of nitrogens with one attached hydrogen (secondary N) is 1. The lowest BCUT2D eigenvalue weighted by molar-refractivity contribution is -0.117. The van der Waals surface area contributed by atoms with Crippen LogP contribution in [0.15, 0.2) is 84.2 Å². The molecular formula is C25H21N5OS. The van der Waals surface area contributed by atoms with Crippen molar-refractivity contribution in [2.24, 2.45) is 0 Å². The second kappa shape index (κ2) is 8.72. The number of carbonyl (C=O) groups is 1. The standard InChI is InChI=1S/C25H21N5OS/c1-2-20(17-8-4-3-5-9-17)25(31)26-19-11-6-10-18(16-19)21-13-14-23-27-28-24(30(23)29-21)22-12-7-15-32-22/h3-16,20H,2H2,1H3,(H,26,31)/t20-/m0/s1. The van der Waals surface area contributed by atoms with Crippen molar-refractivity contribution in [3.8, 4) is 22.0 Å². The fraction of sp³-hybridized carbons (Fsp3) is 0.120. The van der Waals surface area contributed by atoms with Gasteiger partial charge in [-0.3, -0.25) is 4.79 Å². The zero-order valence-electron chi connectivity index (χ0n) is 17.5.